The van der Waals surface area contributed by atoms with Gasteiger partial charge in [-0.05, 0) is 50.2 Å². The quantitative estimate of drug-likeness (QED) is 0.804. The zero-order chi connectivity index (χ0) is 17.5. The van der Waals surface area contributed by atoms with Crippen LogP contribution in [0.3, 0.4) is 0 Å². The lowest BCUT2D eigenvalue weighted by Crippen LogP contribution is -2.30. The fraction of sp³-hybridized carbons (Fsp3) is 0.222. The number of esters is 1. The van der Waals surface area contributed by atoms with Crippen LogP contribution >= 0.6 is 11.6 Å². The van der Waals surface area contributed by atoms with Gasteiger partial charge in [-0.2, -0.15) is 0 Å². The lowest BCUT2D eigenvalue weighted by molar-refractivity contribution is -0.123. The lowest BCUT2D eigenvalue weighted by atomic mass is 10.2. The molecule has 0 saturated heterocycles. The number of nitrogens with one attached hydrogen (secondary N) is 1. The SMILES string of the molecule is CCOc1ccccc1C(=O)O[C@@H](C)C(=O)Nc1ccc(Cl)cc1. The second-order valence-electron chi connectivity index (χ2n) is 4.97. The highest BCUT2D eigenvalue weighted by Crippen LogP contribution is 2.20. The third kappa shape index (κ3) is 4.73. The van der Waals surface area contributed by atoms with Crippen LogP contribution in [0.15, 0.2) is 48.5 Å². The first-order valence-corrected chi connectivity index (χ1v) is 7.88. The van der Waals surface area contributed by atoms with Crippen molar-refractivity contribution in [1.29, 1.82) is 0 Å². The van der Waals surface area contributed by atoms with Gasteiger partial charge in [-0.3, -0.25) is 4.79 Å². The number of ether oxygens (including phenoxy) is 2. The van der Waals surface area contributed by atoms with Gasteiger partial charge in [0.2, 0.25) is 0 Å². The molecule has 0 aromatic heterocycles. The van der Waals surface area contributed by atoms with Gasteiger partial charge in [0.1, 0.15) is 11.3 Å². The topological polar surface area (TPSA) is 64.6 Å². The Balaban J connectivity index is 2.00. The third-order valence-electron chi connectivity index (χ3n) is 3.17. The number of rotatable bonds is 6. The van der Waals surface area contributed by atoms with Gasteiger partial charge in [0.05, 0.1) is 6.61 Å². The maximum absolute atomic E-state index is 12.3. The van der Waals surface area contributed by atoms with Crippen molar-refractivity contribution in [2.75, 3.05) is 11.9 Å². The van der Waals surface area contributed by atoms with E-state index in [0.717, 1.165) is 0 Å². The Morgan fingerprint density at radius 1 is 1.12 bits per heavy atom. The molecule has 0 radical (unpaired) electrons. The molecule has 0 spiro atoms. The van der Waals surface area contributed by atoms with Crippen LogP contribution in [0.2, 0.25) is 5.02 Å². The van der Waals surface area contributed by atoms with Gasteiger partial charge in [-0.15, -0.1) is 0 Å². The minimum absolute atomic E-state index is 0.283. The molecule has 1 N–H and O–H groups in total. The molecule has 2 rings (SSSR count). The average molecular weight is 348 g/mol. The minimum atomic E-state index is -0.956. The first kappa shape index (κ1) is 17.8. The van der Waals surface area contributed by atoms with E-state index in [2.05, 4.69) is 5.32 Å². The predicted octanol–water partition coefficient (Wildman–Crippen LogP) is 3.92. The first-order chi connectivity index (χ1) is 11.5. The summed E-state index contributed by atoms with van der Waals surface area (Å²) in [6.07, 6.45) is -0.956. The fourth-order valence-electron chi connectivity index (χ4n) is 1.97. The molecule has 0 aliphatic rings. The molecule has 24 heavy (non-hydrogen) atoms. The number of anilines is 1. The van der Waals surface area contributed by atoms with Gasteiger partial charge in [-0.1, -0.05) is 23.7 Å². The van der Waals surface area contributed by atoms with E-state index in [9.17, 15) is 9.59 Å². The van der Waals surface area contributed by atoms with Gasteiger partial charge in [0.25, 0.3) is 5.91 Å². The Hall–Kier alpha value is -2.53. The average Bonchev–Trinajstić information content (AvgIpc) is 2.57. The number of para-hydroxylation sites is 1. The van der Waals surface area contributed by atoms with Crippen molar-refractivity contribution < 1.29 is 19.1 Å². The van der Waals surface area contributed by atoms with Crippen molar-refractivity contribution in [2.45, 2.75) is 20.0 Å². The molecular formula is C18H18ClNO4. The van der Waals surface area contributed by atoms with Crippen molar-refractivity contribution >= 4 is 29.2 Å². The summed E-state index contributed by atoms with van der Waals surface area (Å²) in [5.41, 5.74) is 0.854. The summed E-state index contributed by atoms with van der Waals surface area (Å²) in [6, 6.07) is 13.4. The van der Waals surface area contributed by atoms with Crippen LogP contribution in [-0.4, -0.2) is 24.6 Å². The molecule has 5 nitrogen and oxygen atoms in total. The number of halogens is 1. The molecule has 0 aliphatic carbocycles. The zero-order valence-electron chi connectivity index (χ0n) is 13.4. The molecular weight excluding hydrogens is 330 g/mol. The van der Waals surface area contributed by atoms with Crippen LogP contribution in [0, 0.1) is 0 Å². The number of benzene rings is 2. The summed E-state index contributed by atoms with van der Waals surface area (Å²) in [6.45, 7) is 3.76. The third-order valence-corrected chi connectivity index (χ3v) is 3.42. The largest absolute Gasteiger partial charge is 0.493 e. The van der Waals surface area contributed by atoms with E-state index in [4.69, 9.17) is 21.1 Å². The second-order valence-corrected chi connectivity index (χ2v) is 5.41. The van der Waals surface area contributed by atoms with Gasteiger partial charge in [0, 0.05) is 10.7 Å². The lowest BCUT2D eigenvalue weighted by Gasteiger charge is -2.15. The second kappa shape index (κ2) is 8.36. The van der Waals surface area contributed by atoms with Crippen molar-refractivity contribution in [3.8, 4) is 5.75 Å². The van der Waals surface area contributed by atoms with Gasteiger partial charge in [-0.25, -0.2) is 4.79 Å². The fourth-order valence-corrected chi connectivity index (χ4v) is 2.10. The van der Waals surface area contributed by atoms with E-state index in [-0.39, 0.29) is 5.56 Å². The molecule has 1 amide bonds. The Morgan fingerprint density at radius 2 is 1.79 bits per heavy atom. The Morgan fingerprint density at radius 3 is 2.46 bits per heavy atom. The van der Waals surface area contributed by atoms with Crippen LogP contribution in [0.5, 0.6) is 5.75 Å². The van der Waals surface area contributed by atoms with Crippen LogP contribution in [0.4, 0.5) is 5.69 Å². The van der Waals surface area contributed by atoms with E-state index in [0.29, 0.717) is 23.1 Å². The molecule has 0 saturated carbocycles. The van der Waals surface area contributed by atoms with Gasteiger partial charge < -0.3 is 14.8 Å². The monoisotopic (exact) mass is 347 g/mol. The number of hydrogen-bond acceptors (Lipinski definition) is 4. The molecule has 2 aromatic carbocycles. The number of hydrogen-bond donors (Lipinski definition) is 1. The van der Waals surface area contributed by atoms with E-state index in [1.807, 2.05) is 6.92 Å². The van der Waals surface area contributed by atoms with Crippen molar-refractivity contribution in [2.24, 2.45) is 0 Å². The van der Waals surface area contributed by atoms with E-state index in [1.54, 1.807) is 48.5 Å². The standard InChI is InChI=1S/C18H18ClNO4/c1-3-23-16-7-5-4-6-15(16)18(22)24-12(2)17(21)20-14-10-8-13(19)9-11-14/h4-12H,3H2,1-2H3,(H,20,21)/t12-/m0/s1. The molecule has 6 heteroatoms. The summed E-state index contributed by atoms with van der Waals surface area (Å²) in [4.78, 5) is 24.4. The maximum Gasteiger partial charge on any atom is 0.342 e. The summed E-state index contributed by atoms with van der Waals surface area (Å²) in [7, 11) is 0. The predicted molar refractivity (Wildman–Crippen MR) is 92.6 cm³/mol. The smallest absolute Gasteiger partial charge is 0.342 e. The summed E-state index contributed by atoms with van der Waals surface area (Å²) in [5, 5.41) is 3.23. The Labute approximate surface area is 145 Å². The van der Waals surface area contributed by atoms with Crippen LogP contribution in [0.1, 0.15) is 24.2 Å². The number of carbonyl (C=O) groups excluding carboxylic acids is 2. The normalized spacial score (nSPS) is 11.5. The van der Waals surface area contributed by atoms with Crippen LogP contribution < -0.4 is 10.1 Å². The molecule has 0 unspecified atom stereocenters. The Bertz CT molecular complexity index is 715. The van der Waals surface area contributed by atoms with Crippen molar-refractivity contribution in [1.82, 2.24) is 0 Å². The highest BCUT2D eigenvalue weighted by Gasteiger charge is 2.21. The van der Waals surface area contributed by atoms with E-state index >= 15 is 0 Å². The highest BCUT2D eigenvalue weighted by molar-refractivity contribution is 6.30. The Kier molecular flexibility index (Phi) is 6.21. The summed E-state index contributed by atoms with van der Waals surface area (Å²) < 4.78 is 10.6. The number of carbonyl (C=O) groups is 2. The molecule has 0 bridgehead atoms. The molecule has 2 aromatic rings. The van der Waals surface area contributed by atoms with Crippen molar-refractivity contribution in [3.63, 3.8) is 0 Å². The molecule has 0 fully saturated rings. The van der Waals surface area contributed by atoms with Crippen LogP contribution in [0.25, 0.3) is 0 Å². The maximum atomic E-state index is 12.3. The summed E-state index contributed by atoms with van der Waals surface area (Å²) in [5.74, 6) is -0.618. The first-order valence-electron chi connectivity index (χ1n) is 7.50. The summed E-state index contributed by atoms with van der Waals surface area (Å²) >= 11 is 5.79. The molecule has 0 aliphatic heterocycles. The van der Waals surface area contributed by atoms with Gasteiger partial charge >= 0.3 is 5.97 Å². The molecule has 126 valence electrons. The zero-order valence-corrected chi connectivity index (χ0v) is 14.2. The molecule has 0 heterocycles. The minimum Gasteiger partial charge on any atom is -0.493 e. The van der Waals surface area contributed by atoms with E-state index in [1.165, 1.54) is 6.92 Å². The van der Waals surface area contributed by atoms with Crippen LogP contribution in [-0.2, 0) is 9.53 Å². The van der Waals surface area contributed by atoms with Crippen molar-refractivity contribution in [3.05, 3.63) is 59.1 Å². The number of amides is 1. The highest BCUT2D eigenvalue weighted by atomic mass is 35.5. The molecule has 1 atom stereocenters. The van der Waals surface area contributed by atoms with E-state index < -0.39 is 18.0 Å². The van der Waals surface area contributed by atoms with Gasteiger partial charge in [0.15, 0.2) is 6.10 Å².